The van der Waals surface area contributed by atoms with E-state index in [0.717, 1.165) is 17.8 Å². The van der Waals surface area contributed by atoms with Crippen molar-refractivity contribution < 1.29 is 14.2 Å². The maximum Gasteiger partial charge on any atom is 0.123 e. The van der Waals surface area contributed by atoms with Crippen LogP contribution < -0.4 is 10.2 Å². The number of halogens is 1. The average molecular weight is 280 g/mol. The zero-order valence-electron chi connectivity index (χ0n) is 11.5. The van der Waals surface area contributed by atoms with Crippen LogP contribution in [0.3, 0.4) is 0 Å². The third-order valence-corrected chi connectivity index (χ3v) is 3.88. The minimum absolute atomic E-state index is 0.0212. The van der Waals surface area contributed by atoms with Crippen LogP contribution in [0.25, 0.3) is 0 Å². The molecule has 2 aliphatic rings. The van der Waals surface area contributed by atoms with Crippen molar-refractivity contribution in [3.63, 3.8) is 0 Å². The summed E-state index contributed by atoms with van der Waals surface area (Å²) in [5.74, 6) is -0.201. The molecule has 4 nitrogen and oxygen atoms in total. The van der Waals surface area contributed by atoms with Gasteiger partial charge in [0.2, 0.25) is 0 Å². The summed E-state index contributed by atoms with van der Waals surface area (Å²) in [6.45, 7) is 2.74. The predicted octanol–water partition coefficient (Wildman–Crippen LogP) is 1.28. The van der Waals surface area contributed by atoms with Gasteiger partial charge >= 0.3 is 0 Å². The Morgan fingerprint density at radius 2 is 2.25 bits per heavy atom. The first kappa shape index (κ1) is 13.8. The van der Waals surface area contributed by atoms with Crippen LogP contribution in [0.15, 0.2) is 18.2 Å². The normalized spacial score (nSPS) is 23.1. The van der Waals surface area contributed by atoms with Gasteiger partial charge in [-0.2, -0.15) is 0 Å². The lowest BCUT2D eigenvalue weighted by Gasteiger charge is -2.35. The second-order valence-electron chi connectivity index (χ2n) is 5.55. The van der Waals surface area contributed by atoms with E-state index in [1.807, 2.05) is 6.07 Å². The van der Waals surface area contributed by atoms with Crippen LogP contribution in [0.1, 0.15) is 18.4 Å². The zero-order valence-corrected chi connectivity index (χ0v) is 11.5. The molecular weight excluding hydrogens is 259 g/mol. The maximum atomic E-state index is 13.5. The van der Waals surface area contributed by atoms with Gasteiger partial charge in [-0.15, -0.1) is 0 Å². The van der Waals surface area contributed by atoms with Gasteiger partial charge < -0.3 is 20.1 Å². The van der Waals surface area contributed by atoms with Crippen LogP contribution in [0.4, 0.5) is 10.1 Å². The molecule has 110 valence electrons. The Kier molecular flexibility index (Phi) is 4.19. The SMILES string of the molecule is OCC1CN(c2ccc(F)cc2CNC2CC2)CCO1. The molecule has 2 fully saturated rings. The highest BCUT2D eigenvalue weighted by atomic mass is 19.1. The van der Waals surface area contributed by atoms with Crippen LogP contribution in [-0.4, -0.2) is 43.6 Å². The molecule has 1 heterocycles. The summed E-state index contributed by atoms with van der Waals surface area (Å²) in [6, 6.07) is 5.54. The Balaban J connectivity index is 1.75. The first-order valence-electron chi connectivity index (χ1n) is 7.25. The molecule has 0 bridgehead atoms. The fourth-order valence-corrected chi connectivity index (χ4v) is 2.59. The number of nitrogens with one attached hydrogen (secondary N) is 1. The van der Waals surface area contributed by atoms with E-state index in [4.69, 9.17) is 4.74 Å². The van der Waals surface area contributed by atoms with Crippen LogP contribution in [-0.2, 0) is 11.3 Å². The summed E-state index contributed by atoms with van der Waals surface area (Å²) in [7, 11) is 0. The Morgan fingerprint density at radius 1 is 1.40 bits per heavy atom. The Labute approximate surface area is 118 Å². The van der Waals surface area contributed by atoms with Crippen LogP contribution >= 0.6 is 0 Å². The van der Waals surface area contributed by atoms with Gasteiger partial charge in [-0.05, 0) is 36.6 Å². The summed E-state index contributed by atoms with van der Waals surface area (Å²) in [6.07, 6.45) is 2.28. The summed E-state index contributed by atoms with van der Waals surface area (Å²) in [5, 5.41) is 12.7. The molecule has 2 N–H and O–H groups in total. The van der Waals surface area contributed by atoms with Crippen molar-refractivity contribution in [3.8, 4) is 0 Å². The highest BCUT2D eigenvalue weighted by Gasteiger charge is 2.24. The van der Waals surface area contributed by atoms with Crippen molar-refractivity contribution in [2.24, 2.45) is 0 Å². The first-order chi connectivity index (χ1) is 9.76. The topological polar surface area (TPSA) is 44.7 Å². The highest BCUT2D eigenvalue weighted by Crippen LogP contribution is 2.26. The molecule has 5 heteroatoms. The van der Waals surface area contributed by atoms with Crippen molar-refractivity contribution in [2.75, 3.05) is 31.2 Å². The third-order valence-electron chi connectivity index (χ3n) is 3.88. The van der Waals surface area contributed by atoms with Crippen molar-refractivity contribution in [3.05, 3.63) is 29.6 Å². The van der Waals surface area contributed by atoms with E-state index < -0.39 is 0 Å². The maximum absolute atomic E-state index is 13.5. The summed E-state index contributed by atoms with van der Waals surface area (Å²) in [5.41, 5.74) is 2.02. The lowest BCUT2D eigenvalue weighted by atomic mass is 10.1. The van der Waals surface area contributed by atoms with Crippen LogP contribution in [0.2, 0.25) is 0 Å². The van der Waals surface area contributed by atoms with Crippen LogP contribution in [0.5, 0.6) is 0 Å². The summed E-state index contributed by atoms with van der Waals surface area (Å²) in [4.78, 5) is 2.17. The Bertz CT molecular complexity index is 465. The number of aliphatic hydroxyl groups is 1. The van der Waals surface area contributed by atoms with E-state index in [0.29, 0.717) is 25.7 Å². The van der Waals surface area contributed by atoms with Crippen molar-refractivity contribution in [1.29, 1.82) is 0 Å². The number of benzene rings is 1. The zero-order chi connectivity index (χ0) is 13.9. The van der Waals surface area contributed by atoms with Crippen molar-refractivity contribution in [2.45, 2.75) is 31.5 Å². The number of hydrogen-bond acceptors (Lipinski definition) is 4. The van der Waals surface area contributed by atoms with Gasteiger partial charge in [-0.3, -0.25) is 0 Å². The summed E-state index contributed by atoms with van der Waals surface area (Å²) >= 11 is 0. The number of ether oxygens (including phenoxy) is 1. The molecule has 1 saturated heterocycles. The minimum atomic E-state index is -0.201. The van der Waals surface area contributed by atoms with Crippen molar-refractivity contribution in [1.82, 2.24) is 5.32 Å². The molecule has 20 heavy (non-hydrogen) atoms. The van der Waals surface area contributed by atoms with Gasteiger partial charge in [0, 0.05) is 31.4 Å². The Morgan fingerprint density at radius 3 is 3.00 bits per heavy atom. The molecule has 1 unspecified atom stereocenters. The predicted molar refractivity (Wildman–Crippen MR) is 75.3 cm³/mol. The van der Waals surface area contributed by atoms with Gasteiger partial charge in [0.05, 0.1) is 19.3 Å². The fourth-order valence-electron chi connectivity index (χ4n) is 2.59. The molecule has 1 aliphatic carbocycles. The molecule has 1 atom stereocenters. The molecule has 1 aliphatic heterocycles. The van der Waals surface area contributed by atoms with E-state index >= 15 is 0 Å². The van der Waals surface area contributed by atoms with E-state index in [1.54, 1.807) is 6.07 Å². The van der Waals surface area contributed by atoms with E-state index in [-0.39, 0.29) is 18.5 Å². The van der Waals surface area contributed by atoms with E-state index in [1.165, 1.54) is 18.9 Å². The first-order valence-corrected chi connectivity index (χ1v) is 7.25. The monoisotopic (exact) mass is 280 g/mol. The molecule has 1 aromatic rings. The second kappa shape index (κ2) is 6.08. The van der Waals surface area contributed by atoms with Gasteiger partial charge in [0.25, 0.3) is 0 Å². The van der Waals surface area contributed by atoms with Crippen molar-refractivity contribution >= 4 is 5.69 Å². The molecule has 3 rings (SSSR count). The van der Waals surface area contributed by atoms with Gasteiger partial charge in [0.15, 0.2) is 0 Å². The average Bonchev–Trinajstić information content (AvgIpc) is 3.29. The minimum Gasteiger partial charge on any atom is -0.394 e. The molecule has 0 spiro atoms. The quantitative estimate of drug-likeness (QED) is 0.853. The molecule has 1 aromatic carbocycles. The number of aliphatic hydroxyl groups excluding tert-OH is 1. The number of morpholine rings is 1. The van der Waals surface area contributed by atoms with Crippen LogP contribution in [0, 0.1) is 5.82 Å². The molecule has 0 radical (unpaired) electrons. The van der Waals surface area contributed by atoms with Gasteiger partial charge in [-0.1, -0.05) is 0 Å². The molecule has 0 amide bonds. The van der Waals surface area contributed by atoms with Gasteiger partial charge in [-0.25, -0.2) is 4.39 Å². The lowest BCUT2D eigenvalue weighted by Crippen LogP contribution is -2.44. The molecule has 1 saturated carbocycles. The standard InChI is InChI=1S/C15H21FN2O2/c16-12-1-4-15(11(7-12)8-17-13-2-3-13)18-5-6-20-14(9-18)10-19/h1,4,7,13-14,17,19H,2-3,5-6,8-10H2. The molecular formula is C15H21FN2O2. The van der Waals surface area contributed by atoms with Gasteiger partial charge in [0.1, 0.15) is 5.82 Å². The summed E-state index contributed by atoms with van der Waals surface area (Å²) < 4.78 is 19.0. The largest absolute Gasteiger partial charge is 0.394 e. The number of hydrogen-bond donors (Lipinski definition) is 2. The number of nitrogens with zero attached hydrogens (tertiary/aromatic N) is 1. The second-order valence-corrected chi connectivity index (χ2v) is 5.55. The lowest BCUT2D eigenvalue weighted by molar-refractivity contribution is 0.00352. The third kappa shape index (κ3) is 3.29. The van der Waals surface area contributed by atoms with E-state index in [9.17, 15) is 9.50 Å². The Hall–Kier alpha value is -1.17. The number of rotatable bonds is 5. The highest BCUT2D eigenvalue weighted by molar-refractivity contribution is 5.54. The number of anilines is 1. The molecule has 0 aromatic heterocycles. The smallest absolute Gasteiger partial charge is 0.123 e. The fraction of sp³-hybridized carbons (Fsp3) is 0.600. The van der Waals surface area contributed by atoms with E-state index in [2.05, 4.69) is 10.2 Å².